The van der Waals surface area contributed by atoms with E-state index in [2.05, 4.69) is 13.6 Å². The lowest BCUT2D eigenvalue weighted by Crippen LogP contribution is -2.17. The van der Waals surface area contributed by atoms with Gasteiger partial charge in [0.1, 0.15) is 6.71 Å². The Morgan fingerprint density at radius 2 is 1.80 bits per heavy atom. The van der Waals surface area contributed by atoms with Crippen molar-refractivity contribution in [2.24, 2.45) is 0 Å². The van der Waals surface area contributed by atoms with Crippen LogP contribution in [0.4, 0.5) is 4.11 Å². The highest BCUT2D eigenvalue weighted by Gasteiger charge is 2.19. The van der Waals surface area contributed by atoms with E-state index in [1.807, 2.05) is 0 Å². The van der Waals surface area contributed by atoms with Crippen molar-refractivity contribution in [1.82, 2.24) is 0 Å². The highest BCUT2D eigenvalue weighted by Crippen LogP contribution is 2.15. The second-order valence-electron chi connectivity index (χ2n) is 4.00. The number of halogens is 1. The van der Waals surface area contributed by atoms with Crippen molar-refractivity contribution < 1.29 is 4.11 Å². The highest BCUT2D eigenvalue weighted by atomic mass is 28.4. The van der Waals surface area contributed by atoms with Crippen molar-refractivity contribution >= 4 is 15.1 Å². The maximum absolute atomic E-state index is 13.0. The molecule has 0 bridgehead atoms. The molecule has 0 atom stereocenters. The Bertz CT molecular complexity index is 88.1. The third-order valence-corrected chi connectivity index (χ3v) is 3.10. The number of hydrogen-bond donors (Lipinski definition) is 0. The normalized spacial score (nSPS) is 11.7. The van der Waals surface area contributed by atoms with Crippen LogP contribution in [0, 0.1) is 0 Å². The van der Waals surface area contributed by atoms with Crippen molar-refractivity contribution in [3.05, 3.63) is 0 Å². The molecule has 0 aromatic carbocycles. The third-order valence-electron chi connectivity index (χ3n) is 1.55. The zero-order valence-corrected chi connectivity index (χ0v) is 8.58. The van der Waals surface area contributed by atoms with Gasteiger partial charge in [-0.05, 0) is 19.1 Å². The van der Waals surface area contributed by atoms with Crippen LogP contribution in [0.3, 0.4) is 0 Å². The summed E-state index contributed by atoms with van der Waals surface area (Å²) in [5, 5.41) is 0. The molecule has 0 heterocycles. The predicted molar refractivity (Wildman–Crippen MR) is 50.3 cm³/mol. The largest absolute Gasteiger partial charge is 0.314 e. The van der Waals surface area contributed by atoms with E-state index < -0.39 is 8.41 Å². The van der Waals surface area contributed by atoms with E-state index >= 15 is 0 Å². The van der Waals surface area contributed by atoms with Crippen LogP contribution in [-0.4, -0.2) is 15.1 Å². The van der Waals surface area contributed by atoms with Gasteiger partial charge in [0.2, 0.25) is 8.41 Å². The van der Waals surface area contributed by atoms with E-state index in [1.54, 1.807) is 13.1 Å². The van der Waals surface area contributed by atoms with E-state index in [9.17, 15) is 4.11 Å². The van der Waals surface area contributed by atoms with Gasteiger partial charge in [0.05, 0.1) is 0 Å². The lowest BCUT2D eigenvalue weighted by atomic mass is 9.52. The summed E-state index contributed by atoms with van der Waals surface area (Å²) in [6.07, 6.45) is 2.26. The molecule has 0 aliphatic heterocycles. The quantitative estimate of drug-likeness (QED) is 0.437. The van der Waals surface area contributed by atoms with Crippen molar-refractivity contribution in [3.63, 3.8) is 0 Å². The second kappa shape index (κ2) is 4.17. The van der Waals surface area contributed by atoms with Crippen LogP contribution in [0.5, 0.6) is 0 Å². The fraction of sp³-hybridized carbons (Fsp3) is 1.00. The molecule has 0 rings (SSSR count). The number of hydrogen-bond acceptors (Lipinski definition) is 0. The van der Waals surface area contributed by atoms with Gasteiger partial charge >= 0.3 is 0 Å². The van der Waals surface area contributed by atoms with Crippen LogP contribution < -0.4 is 0 Å². The Balaban J connectivity index is 3.21. The molecule has 10 heavy (non-hydrogen) atoms. The van der Waals surface area contributed by atoms with Gasteiger partial charge in [-0.2, -0.15) is 0 Å². The van der Waals surface area contributed by atoms with Gasteiger partial charge in [-0.15, -0.1) is 0 Å². The molecule has 0 unspecified atom stereocenters. The van der Waals surface area contributed by atoms with E-state index in [1.165, 1.54) is 6.32 Å². The molecule has 0 aromatic rings. The van der Waals surface area contributed by atoms with Crippen molar-refractivity contribution in [2.45, 2.75) is 45.5 Å². The van der Waals surface area contributed by atoms with Gasteiger partial charge in [-0.3, -0.25) is 0 Å². The zero-order valence-electron chi connectivity index (χ0n) is 7.58. The average Bonchev–Trinajstić information content (AvgIpc) is 1.59. The summed E-state index contributed by atoms with van der Waals surface area (Å²) in [7, 11) is -2.22. The Labute approximate surface area is 65.5 Å². The Morgan fingerprint density at radius 3 is 2.10 bits per heavy atom. The summed E-state index contributed by atoms with van der Waals surface area (Å²) < 4.78 is 13.0. The van der Waals surface area contributed by atoms with Gasteiger partial charge in [-0.1, -0.05) is 26.4 Å². The standard InChI is InChI=1S/C7H18BFSi/c1-8(2)6-5-7-10(3,4)9/h5-7H2,1-4H3. The van der Waals surface area contributed by atoms with E-state index in [0.29, 0.717) is 0 Å². The van der Waals surface area contributed by atoms with Crippen LogP contribution in [-0.2, 0) is 0 Å². The molecule has 0 spiro atoms. The van der Waals surface area contributed by atoms with E-state index in [4.69, 9.17) is 0 Å². The third kappa shape index (κ3) is 8.21. The van der Waals surface area contributed by atoms with Gasteiger partial charge in [-0.25, -0.2) is 0 Å². The van der Waals surface area contributed by atoms with Crippen LogP contribution >= 0.6 is 0 Å². The Hall–Kier alpha value is 0.212. The van der Waals surface area contributed by atoms with E-state index in [-0.39, 0.29) is 0 Å². The van der Waals surface area contributed by atoms with E-state index in [0.717, 1.165) is 19.2 Å². The smallest absolute Gasteiger partial charge is 0.240 e. The molecule has 0 radical (unpaired) electrons. The summed E-state index contributed by atoms with van der Waals surface area (Å²) in [6, 6.07) is 0.838. The average molecular weight is 160 g/mol. The van der Waals surface area contributed by atoms with Crippen molar-refractivity contribution in [1.29, 1.82) is 0 Å². The van der Waals surface area contributed by atoms with Crippen molar-refractivity contribution in [3.8, 4) is 0 Å². The molecule has 3 heteroatoms. The molecule has 0 amide bonds. The predicted octanol–water partition coefficient (Wildman–Crippen LogP) is 3.31. The summed E-state index contributed by atoms with van der Waals surface area (Å²) in [5.74, 6) is 0. The summed E-state index contributed by atoms with van der Waals surface area (Å²) in [6.45, 7) is 8.68. The summed E-state index contributed by atoms with van der Waals surface area (Å²) in [4.78, 5) is 0. The molecule has 0 saturated heterocycles. The van der Waals surface area contributed by atoms with Crippen LogP contribution in [0.2, 0.25) is 39.1 Å². The van der Waals surface area contributed by atoms with Gasteiger partial charge in [0.25, 0.3) is 0 Å². The Kier molecular flexibility index (Phi) is 4.25. The minimum absolute atomic E-state index is 0.733. The molecule has 0 nitrogen and oxygen atoms in total. The lowest BCUT2D eigenvalue weighted by Gasteiger charge is -2.10. The Morgan fingerprint density at radius 1 is 1.30 bits per heavy atom. The second-order valence-corrected chi connectivity index (χ2v) is 7.94. The molecular formula is C7H18BFSi. The topological polar surface area (TPSA) is 0 Å². The van der Waals surface area contributed by atoms with Gasteiger partial charge in [0, 0.05) is 0 Å². The summed E-state index contributed by atoms with van der Waals surface area (Å²) >= 11 is 0. The fourth-order valence-corrected chi connectivity index (χ4v) is 1.98. The van der Waals surface area contributed by atoms with Gasteiger partial charge in [0.15, 0.2) is 0 Å². The first-order chi connectivity index (χ1) is 4.42. The minimum atomic E-state index is -2.22. The minimum Gasteiger partial charge on any atom is -0.314 e. The maximum Gasteiger partial charge on any atom is 0.240 e. The first-order valence-corrected chi connectivity index (χ1v) is 7.19. The van der Waals surface area contributed by atoms with Crippen molar-refractivity contribution in [2.75, 3.05) is 0 Å². The monoisotopic (exact) mass is 160 g/mol. The number of rotatable bonds is 4. The molecule has 60 valence electrons. The first kappa shape index (κ1) is 10.2. The zero-order chi connectivity index (χ0) is 8.20. The molecule has 0 fully saturated rings. The molecule has 0 aliphatic carbocycles. The maximum atomic E-state index is 13.0. The summed E-state index contributed by atoms with van der Waals surface area (Å²) in [5.41, 5.74) is 0. The molecule has 0 aromatic heterocycles. The molecular weight excluding hydrogens is 142 g/mol. The van der Waals surface area contributed by atoms with Crippen LogP contribution in [0.25, 0.3) is 0 Å². The molecule has 0 N–H and O–H groups in total. The molecule has 0 aliphatic rings. The van der Waals surface area contributed by atoms with Crippen LogP contribution in [0.1, 0.15) is 6.42 Å². The van der Waals surface area contributed by atoms with Crippen LogP contribution in [0.15, 0.2) is 0 Å². The highest BCUT2D eigenvalue weighted by molar-refractivity contribution is 6.70. The SMILES string of the molecule is CB(C)CCC[Si](C)(C)F. The lowest BCUT2D eigenvalue weighted by molar-refractivity contribution is 0.773. The first-order valence-electron chi connectivity index (χ1n) is 4.11. The fourth-order valence-electron chi connectivity index (χ4n) is 0.931. The van der Waals surface area contributed by atoms with Gasteiger partial charge < -0.3 is 4.11 Å². The molecule has 0 saturated carbocycles.